The molecule has 12 heteroatoms. The summed E-state index contributed by atoms with van der Waals surface area (Å²) < 4.78 is 38.5. The number of nitrogens with one attached hydrogen (secondary N) is 2. The van der Waals surface area contributed by atoms with Gasteiger partial charge < -0.3 is 25.0 Å². The first-order chi connectivity index (χ1) is 21.0. The van der Waals surface area contributed by atoms with Gasteiger partial charge in [0.1, 0.15) is 23.7 Å². The van der Waals surface area contributed by atoms with Crippen molar-refractivity contribution in [3.8, 4) is 22.6 Å². The summed E-state index contributed by atoms with van der Waals surface area (Å²) in [6.07, 6.45) is 3.15. The molecular weight excluding hydrogens is 590 g/mol. The molecule has 3 aromatic rings. The molecule has 0 aliphatic carbocycles. The smallest absolute Gasteiger partial charge is 0.246 e. The standard InChI is InChI=1S/C32H35ClF2N6O3/c1-6-21(43)40-11-12-41-18(14-40)10-13-44-31-24(32(41)36)29(39-30-27(16(2)3)37-15-38-28(30)17(4)5)26(35)23(25(31)33)22-19(34)8-7-9-20(22)42/h6-9,15-18,36,39,42H,1,10-14H2,2-5H3. The number of amides is 1. The van der Waals surface area contributed by atoms with Crippen molar-refractivity contribution in [3.05, 3.63) is 70.8 Å². The van der Waals surface area contributed by atoms with Crippen LogP contribution in [0, 0.1) is 17.0 Å². The average Bonchev–Trinajstić information content (AvgIpc) is 2.98. The third-order valence-electron chi connectivity index (χ3n) is 8.02. The number of nitrogens with zero attached hydrogens (tertiary/aromatic N) is 4. The van der Waals surface area contributed by atoms with Crippen molar-refractivity contribution in [1.29, 1.82) is 5.41 Å². The second-order valence-electron chi connectivity index (χ2n) is 11.5. The molecule has 5 rings (SSSR count). The van der Waals surface area contributed by atoms with Crippen LogP contribution in [-0.2, 0) is 4.79 Å². The van der Waals surface area contributed by atoms with E-state index in [9.17, 15) is 15.3 Å². The van der Waals surface area contributed by atoms with Crippen LogP contribution >= 0.6 is 11.6 Å². The molecule has 2 aliphatic rings. The molecule has 2 aliphatic heterocycles. The van der Waals surface area contributed by atoms with Gasteiger partial charge in [-0.1, -0.05) is 51.9 Å². The summed E-state index contributed by atoms with van der Waals surface area (Å²) in [7, 11) is 0. The van der Waals surface area contributed by atoms with E-state index in [0.717, 1.165) is 6.07 Å². The fraction of sp³-hybridized carbons (Fsp3) is 0.375. The van der Waals surface area contributed by atoms with Crippen LogP contribution in [0.25, 0.3) is 11.1 Å². The maximum Gasteiger partial charge on any atom is 0.246 e. The SMILES string of the molecule is C=CC(=O)N1CCN2C(=N)c3c(Nc4c(C(C)C)ncnc4C(C)C)c(F)c(-c4c(O)cccc4F)c(Cl)c3OCCC2C1. The molecule has 9 nitrogen and oxygen atoms in total. The number of fused-ring (bicyclic) bond motifs is 2. The highest BCUT2D eigenvalue weighted by atomic mass is 35.5. The van der Waals surface area contributed by atoms with Gasteiger partial charge in [-0.15, -0.1) is 0 Å². The molecule has 1 amide bonds. The number of hydrogen-bond donors (Lipinski definition) is 3. The minimum Gasteiger partial charge on any atom is -0.507 e. The number of carbonyl (C=O) groups excluding carboxylic acids is 1. The van der Waals surface area contributed by atoms with Gasteiger partial charge in [0, 0.05) is 31.6 Å². The molecule has 2 aromatic carbocycles. The monoisotopic (exact) mass is 624 g/mol. The highest BCUT2D eigenvalue weighted by Crippen LogP contribution is 2.50. The highest BCUT2D eigenvalue weighted by Gasteiger charge is 2.38. The second kappa shape index (κ2) is 12.4. The number of phenolic OH excluding ortho intramolecular Hbond substituents is 1. The molecule has 44 heavy (non-hydrogen) atoms. The number of anilines is 2. The first kappa shape index (κ1) is 31.2. The van der Waals surface area contributed by atoms with Crippen molar-refractivity contribution in [2.24, 2.45) is 0 Å². The number of aromatic hydroxyl groups is 1. The van der Waals surface area contributed by atoms with Crippen LogP contribution in [-0.4, -0.2) is 68.9 Å². The summed E-state index contributed by atoms with van der Waals surface area (Å²) in [5.41, 5.74) is 0.723. The molecule has 1 aromatic heterocycles. The number of ether oxygens (including phenoxy) is 1. The summed E-state index contributed by atoms with van der Waals surface area (Å²) >= 11 is 6.82. The number of phenols is 1. The van der Waals surface area contributed by atoms with Gasteiger partial charge in [0.25, 0.3) is 0 Å². The highest BCUT2D eigenvalue weighted by molar-refractivity contribution is 6.36. The maximum absolute atomic E-state index is 17.1. The van der Waals surface area contributed by atoms with E-state index in [2.05, 4.69) is 21.9 Å². The number of aromatic nitrogens is 2. The van der Waals surface area contributed by atoms with Gasteiger partial charge in [-0.2, -0.15) is 0 Å². The van der Waals surface area contributed by atoms with Gasteiger partial charge in [0.15, 0.2) is 11.6 Å². The molecule has 0 spiro atoms. The number of piperazine rings is 1. The lowest BCUT2D eigenvalue weighted by atomic mass is 9.95. The number of hydrogen-bond acceptors (Lipinski definition) is 7. The van der Waals surface area contributed by atoms with Crippen LogP contribution in [0.15, 0.2) is 37.2 Å². The van der Waals surface area contributed by atoms with E-state index in [1.165, 1.54) is 24.5 Å². The Kier molecular flexibility index (Phi) is 8.78. The number of halogens is 3. The zero-order valence-electron chi connectivity index (χ0n) is 25.0. The third kappa shape index (κ3) is 5.45. The second-order valence-corrected chi connectivity index (χ2v) is 11.9. The summed E-state index contributed by atoms with van der Waals surface area (Å²) in [6.45, 7) is 12.5. The predicted molar refractivity (Wildman–Crippen MR) is 166 cm³/mol. The van der Waals surface area contributed by atoms with Crippen LogP contribution in [0.4, 0.5) is 20.2 Å². The Labute approximate surface area is 260 Å². The zero-order chi connectivity index (χ0) is 31.9. The van der Waals surface area contributed by atoms with Crippen LogP contribution < -0.4 is 10.1 Å². The van der Waals surface area contributed by atoms with E-state index in [-0.39, 0.29) is 58.3 Å². The van der Waals surface area contributed by atoms with Crippen molar-refractivity contribution in [3.63, 3.8) is 0 Å². The first-order valence-electron chi connectivity index (χ1n) is 14.5. The molecule has 3 N–H and O–H groups in total. The Hall–Kier alpha value is -4.25. The Bertz CT molecular complexity index is 1600. The molecule has 1 atom stereocenters. The van der Waals surface area contributed by atoms with E-state index >= 15 is 8.78 Å². The fourth-order valence-electron chi connectivity index (χ4n) is 5.84. The minimum atomic E-state index is -0.978. The molecule has 0 saturated carbocycles. The topological polar surface area (TPSA) is 115 Å². The molecule has 0 radical (unpaired) electrons. The lowest BCUT2D eigenvalue weighted by Crippen LogP contribution is -2.57. The molecule has 0 bridgehead atoms. The van der Waals surface area contributed by atoms with Crippen LogP contribution in [0.3, 0.4) is 0 Å². The van der Waals surface area contributed by atoms with E-state index in [0.29, 0.717) is 43.1 Å². The lowest BCUT2D eigenvalue weighted by molar-refractivity contribution is -0.128. The predicted octanol–water partition coefficient (Wildman–Crippen LogP) is 6.58. The van der Waals surface area contributed by atoms with Crippen LogP contribution in [0.1, 0.15) is 62.9 Å². The third-order valence-corrected chi connectivity index (χ3v) is 8.38. The molecular formula is C32H35ClF2N6O3. The van der Waals surface area contributed by atoms with Gasteiger partial charge in [-0.3, -0.25) is 10.2 Å². The van der Waals surface area contributed by atoms with Gasteiger partial charge in [-0.05, 0) is 30.0 Å². The van der Waals surface area contributed by atoms with Crippen LogP contribution in [0.2, 0.25) is 5.02 Å². The summed E-state index contributed by atoms with van der Waals surface area (Å²) in [5.74, 6) is -2.83. The zero-order valence-corrected chi connectivity index (χ0v) is 25.8. The quantitative estimate of drug-likeness (QED) is 0.266. The minimum absolute atomic E-state index is 0.0182. The molecule has 1 saturated heterocycles. The van der Waals surface area contributed by atoms with Crippen molar-refractivity contribution in [2.45, 2.75) is 52.0 Å². The average molecular weight is 625 g/mol. The molecule has 232 valence electrons. The summed E-state index contributed by atoms with van der Waals surface area (Å²) in [4.78, 5) is 24.8. The van der Waals surface area contributed by atoms with E-state index in [1.807, 2.05) is 32.6 Å². The van der Waals surface area contributed by atoms with Gasteiger partial charge in [-0.25, -0.2) is 18.7 Å². The van der Waals surface area contributed by atoms with Crippen molar-refractivity contribution in [1.82, 2.24) is 19.8 Å². The van der Waals surface area contributed by atoms with Crippen LogP contribution in [0.5, 0.6) is 11.5 Å². The Balaban J connectivity index is 1.78. The Morgan fingerprint density at radius 1 is 1.14 bits per heavy atom. The molecule has 3 heterocycles. The number of carbonyl (C=O) groups is 1. The van der Waals surface area contributed by atoms with Gasteiger partial charge in [0.05, 0.1) is 51.6 Å². The van der Waals surface area contributed by atoms with E-state index < -0.39 is 28.5 Å². The van der Waals surface area contributed by atoms with Gasteiger partial charge >= 0.3 is 0 Å². The number of benzene rings is 2. The van der Waals surface area contributed by atoms with Gasteiger partial charge in [0.2, 0.25) is 5.91 Å². The van der Waals surface area contributed by atoms with E-state index in [1.54, 1.807) is 4.90 Å². The van der Waals surface area contributed by atoms with Crippen molar-refractivity contribution >= 4 is 34.7 Å². The number of amidine groups is 1. The van der Waals surface area contributed by atoms with Crippen molar-refractivity contribution in [2.75, 3.05) is 31.6 Å². The van der Waals surface area contributed by atoms with E-state index in [4.69, 9.17) is 16.3 Å². The molecule has 1 fully saturated rings. The van der Waals surface area contributed by atoms with Crippen molar-refractivity contribution < 1.29 is 23.4 Å². The first-order valence-corrected chi connectivity index (χ1v) is 14.9. The Morgan fingerprint density at radius 2 is 1.82 bits per heavy atom. The largest absolute Gasteiger partial charge is 0.507 e. The fourth-order valence-corrected chi connectivity index (χ4v) is 6.16. The normalized spacial score (nSPS) is 16.7. The summed E-state index contributed by atoms with van der Waals surface area (Å²) in [5, 5.41) is 23.0. The lowest BCUT2D eigenvalue weighted by Gasteiger charge is -2.44. The number of rotatable bonds is 6. The molecule has 1 unspecified atom stereocenters. The summed E-state index contributed by atoms with van der Waals surface area (Å²) in [6, 6.07) is 3.36. The Morgan fingerprint density at radius 3 is 2.43 bits per heavy atom. The maximum atomic E-state index is 17.1.